The SMILES string of the molecule is CC(C)CN1CCN(c2ccc(NC(=S)NC(=N)S)cc2)CC1. The van der Waals surface area contributed by atoms with E-state index in [-0.39, 0.29) is 5.17 Å². The summed E-state index contributed by atoms with van der Waals surface area (Å²) >= 11 is 8.94. The van der Waals surface area contributed by atoms with E-state index in [0.29, 0.717) is 5.11 Å². The fraction of sp³-hybridized carbons (Fsp3) is 0.500. The van der Waals surface area contributed by atoms with E-state index in [0.717, 1.165) is 37.8 Å². The molecule has 3 N–H and O–H groups in total. The molecule has 1 aliphatic heterocycles. The van der Waals surface area contributed by atoms with Crippen LogP contribution in [0, 0.1) is 11.3 Å². The summed E-state index contributed by atoms with van der Waals surface area (Å²) in [6.45, 7) is 10.1. The van der Waals surface area contributed by atoms with Crippen molar-refractivity contribution in [3.05, 3.63) is 24.3 Å². The van der Waals surface area contributed by atoms with Gasteiger partial charge in [0.25, 0.3) is 0 Å². The van der Waals surface area contributed by atoms with E-state index in [2.05, 4.69) is 59.0 Å². The Kier molecular flexibility index (Phi) is 6.68. The van der Waals surface area contributed by atoms with Crippen LogP contribution in [0.3, 0.4) is 0 Å². The average Bonchev–Trinajstić information content (AvgIpc) is 2.47. The number of hydrogen-bond donors (Lipinski definition) is 4. The lowest BCUT2D eigenvalue weighted by atomic mass is 10.2. The minimum absolute atomic E-state index is 0.0263. The maximum absolute atomic E-state index is 7.23. The van der Waals surface area contributed by atoms with Crippen molar-refractivity contribution in [1.29, 1.82) is 5.41 Å². The number of nitrogens with zero attached hydrogens (tertiary/aromatic N) is 2. The van der Waals surface area contributed by atoms with E-state index in [1.54, 1.807) is 0 Å². The average molecular weight is 352 g/mol. The Hall–Kier alpha value is -1.31. The van der Waals surface area contributed by atoms with E-state index in [9.17, 15) is 0 Å². The Balaban J connectivity index is 1.86. The van der Waals surface area contributed by atoms with Crippen molar-refractivity contribution in [2.75, 3.05) is 42.9 Å². The van der Waals surface area contributed by atoms with Gasteiger partial charge < -0.3 is 15.5 Å². The molecular formula is C16H25N5S2. The highest BCUT2D eigenvalue weighted by Gasteiger charge is 2.17. The molecule has 7 heteroatoms. The molecule has 126 valence electrons. The fourth-order valence-corrected chi connectivity index (χ4v) is 3.14. The number of piperazine rings is 1. The molecule has 0 bridgehead atoms. The monoisotopic (exact) mass is 351 g/mol. The van der Waals surface area contributed by atoms with Crippen LogP contribution in [0.2, 0.25) is 0 Å². The molecule has 1 aliphatic rings. The molecule has 23 heavy (non-hydrogen) atoms. The minimum atomic E-state index is 0.0263. The maximum Gasteiger partial charge on any atom is 0.176 e. The summed E-state index contributed by atoms with van der Waals surface area (Å²) in [5.74, 6) is 0.725. The summed E-state index contributed by atoms with van der Waals surface area (Å²) in [7, 11) is 0. The predicted molar refractivity (Wildman–Crippen MR) is 106 cm³/mol. The van der Waals surface area contributed by atoms with Gasteiger partial charge in [-0.3, -0.25) is 10.3 Å². The second-order valence-corrected chi connectivity index (χ2v) is 7.01. The summed E-state index contributed by atoms with van der Waals surface area (Å²) in [6.07, 6.45) is 0. The van der Waals surface area contributed by atoms with Crippen LogP contribution in [0.15, 0.2) is 24.3 Å². The van der Waals surface area contributed by atoms with Gasteiger partial charge >= 0.3 is 0 Å². The van der Waals surface area contributed by atoms with Gasteiger partial charge in [0.05, 0.1) is 0 Å². The van der Waals surface area contributed by atoms with Crippen LogP contribution in [0.25, 0.3) is 0 Å². The Morgan fingerprint density at radius 2 is 1.83 bits per heavy atom. The summed E-state index contributed by atoms with van der Waals surface area (Å²) in [4.78, 5) is 4.95. The van der Waals surface area contributed by atoms with E-state index in [1.165, 1.54) is 12.2 Å². The first kappa shape index (κ1) is 18.0. The third-order valence-corrected chi connectivity index (χ3v) is 4.03. The largest absolute Gasteiger partial charge is 0.369 e. The molecule has 0 aliphatic carbocycles. The molecule has 1 fully saturated rings. The maximum atomic E-state index is 7.23. The van der Waals surface area contributed by atoms with Crippen molar-refractivity contribution in [2.45, 2.75) is 13.8 Å². The molecule has 1 saturated heterocycles. The van der Waals surface area contributed by atoms with Crippen molar-refractivity contribution in [2.24, 2.45) is 5.92 Å². The molecule has 0 unspecified atom stereocenters. The van der Waals surface area contributed by atoms with Crippen LogP contribution in [-0.2, 0) is 0 Å². The molecule has 0 aromatic heterocycles. The minimum Gasteiger partial charge on any atom is -0.369 e. The van der Waals surface area contributed by atoms with Gasteiger partial charge in [-0.25, -0.2) is 0 Å². The molecular weight excluding hydrogens is 326 g/mol. The van der Waals surface area contributed by atoms with Crippen molar-refractivity contribution >= 4 is 46.5 Å². The standard InChI is InChI=1S/C16H25N5S2/c1-12(2)11-20-7-9-21(10-8-20)14-5-3-13(4-6-14)18-16(23)19-15(17)22/h3-6,12H,7-11H2,1-2H3,(H4,17,18,19,22,23). The molecule has 0 radical (unpaired) electrons. The van der Waals surface area contributed by atoms with E-state index in [1.807, 2.05) is 12.1 Å². The highest BCUT2D eigenvalue weighted by molar-refractivity contribution is 7.96. The molecule has 1 aromatic rings. The summed E-state index contributed by atoms with van der Waals surface area (Å²) in [5.41, 5.74) is 2.14. The van der Waals surface area contributed by atoms with E-state index < -0.39 is 0 Å². The fourth-order valence-electron chi connectivity index (χ4n) is 2.73. The zero-order valence-corrected chi connectivity index (χ0v) is 15.4. The number of hydrogen-bond acceptors (Lipinski definition) is 4. The van der Waals surface area contributed by atoms with Gasteiger partial charge in [-0.15, -0.1) is 12.6 Å². The van der Waals surface area contributed by atoms with Crippen LogP contribution in [0.4, 0.5) is 11.4 Å². The van der Waals surface area contributed by atoms with Crippen LogP contribution in [0.5, 0.6) is 0 Å². The number of benzene rings is 1. The summed E-state index contributed by atoms with van der Waals surface area (Å²) in [5, 5.41) is 13.3. The quantitative estimate of drug-likeness (QED) is 0.291. The second-order valence-electron chi connectivity index (χ2n) is 6.16. The molecule has 1 aromatic carbocycles. The van der Waals surface area contributed by atoms with Gasteiger partial charge in [0.2, 0.25) is 0 Å². The Morgan fingerprint density at radius 1 is 1.22 bits per heavy atom. The van der Waals surface area contributed by atoms with Gasteiger partial charge in [-0.2, -0.15) is 0 Å². The molecule has 0 amide bonds. The van der Waals surface area contributed by atoms with Crippen molar-refractivity contribution < 1.29 is 0 Å². The number of anilines is 2. The van der Waals surface area contributed by atoms with Crippen molar-refractivity contribution in [3.8, 4) is 0 Å². The number of thiocarbonyl (C=S) groups is 1. The molecule has 1 heterocycles. The summed E-state index contributed by atoms with van der Waals surface area (Å²) in [6, 6.07) is 8.22. The van der Waals surface area contributed by atoms with Crippen LogP contribution in [-0.4, -0.2) is 47.9 Å². The second kappa shape index (κ2) is 8.52. The molecule has 0 saturated carbocycles. The zero-order chi connectivity index (χ0) is 16.8. The van der Waals surface area contributed by atoms with Crippen LogP contribution >= 0.6 is 24.8 Å². The Morgan fingerprint density at radius 3 is 2.35 bits per heavy atom. The first-order valence-corrected chi connectivity index (χ1v) is 8.72. The van der Waals surface area contributed by atoms with Gasteiger partial charge in [-0.05, 0) is 42.4 Å². The Labute approximate surface area is 149 Å². The highest BCUT2D eigenvalue weighted by Crippen LogP contribution is 2.19. The topological polar surface area (TPSA) is 54.4 Å². The van der Waals surface area contributed by atoms with Gasteiger partial charge in [0.1, 0.15) is 0 Å². The molecule has 2 rings (SSSR count). The molecule has 0 atom stereocenters. The third kappa shape index (κ3) is 6.01. The number of rotatable bonds is 4. The van der Waals surface area contributed by atoms with Gasteiger partial charge in [0, 0.05) is 44.1 Å². The van der Waals surface area contributed by atoms with E-state index >= 15 is 0 Å². The zero-order valence-electron chi connectivity index (χ0n) is 13.7. The lowest BCUT2D eigenvalue weighted by Gasteiger charge is -2.36. The normalized spacial score (nSPS) is 15.6. The van der Waals surface area contributed by atoms with Gasteiger partial charge in [-0.1, -0.05) is 13.8 Å². The van der Waals surface area contributed by atoms with Crippen molar-refractivity contribution in [3.63, 3.8) is 0 Å². The van der Waals surface area contributed by atoms with Gasteiger partial charge in [0.15, 0.2) is 10.3 Å². The first-order valence-electron chi connectivity index (χ1n) is 7.87. The Bertz CT molecular complexity index is 536. The van der Waals surface area contributed by atoms with E-state index in [4.69, 9.17) is 17.6 Å². The summed E-state index contributed by atoms with van der Waals surface area (Å²) < 4.78 is 0. The third-order valence-electron chi connectivity index (χ3n) is 3.72. The highest BCUT2D eigenvalue weighted by atomic mass is 32.1. The number of amidine groups is 1. The first-order chi connectivity index (χ1) is 10.9. The lowest BCUT2D eigenvalue weighted by Crippen LogP contribution is -2.47. The van der Waals surface area contributed by atoms with Crippen LogP contribution in [0.1, 0.15) is 13.8 Å². The van der Waals surface area contributed by atoms with Crippen molar-refractivity contribution in [1.82, 2.24) is 10.2 Å². The van der Waals surface area contributed by atoms with Crippen LogP contribution < -0.4 is 15.5 Å². The predicted octanol–water partition coefficient (Wildman–Crippen LogP) is 2.62. The number of nitrogens with one attached hydrogen (secondary N) is 3. The smallest absolute Gasteiger partial charge is 0.176 e. The number of thiol groups is 1. The lowest BCUT2D eigenvalue weighted by molar-refractivity contribution is 0.231. The molecule has 0 spiro atoms. The molecule has 5 nitrogen and oxygen atoms in total.